The highest BCUT2D eigenvalue weighted by Crippen LogP contribution is 2.43. The molecule has 1 atom stereocenters. The molecule has 3 aromatic rings. The number of carbonyl (C=O) groups excluding carboxylic acids is 2. The number of ether oxygens (including phenoxy) is 3. The number of carbonyl (C=O) groups is 2. The van der Waals surface area contributed by atoms with E-state index in [2.05, 4.69) is 11.1 Å². The number of fused-ring (bicyclic) bond motifs is 3. The van der Waals surface area contributed by atoms with E-state index >= 15 is 0 Å². The summed E-state index contributed by atoms with van der Waals surface area (Å²) < 4.78 is 17.0. The lowest BCUT2D eigenvalue weighted by Crippen LogP contribution is -2.44. The van der Waals surface area contributed by atoms with E-state index < -0.39 is 17.5 Å². The molecule has 0 fully saturated rings. The third-order valence-electron chi connectivity index (χ3n) is 6.31. The van der Waals surface area contributed by atoms with Crippen molar-refractivity contribution in [2.45, 2.75) is 52.2 Å². The summed E-state index contributed by atoms with van der Waals surface area (Å²) in [4.78, 5) is 29.4. The van der Waals surface area contributed by atoms with Gasteiger partial charge in [0, 0.05) is 5.39 Å². The van der Waals surface area contributed by atoms with Gasteiger partial charge in [0.05, 0.1) is 41.6 Å². The molecule has 2 aromatic carbocycles. The van der Waals surface area contributed by atoms with Crippen molar-refractivity contribution in [3.8, 4) is 6.07 Å². The number of benzene rings is 2. The Balaban J connectivity index is 1.82. The summed E-state index contributed by atoms with van der Waals surface area (Å²) in [5.74, 6) is -0.947. The number of aromatic nitrogens is 1. The standard InChI is InChI=1S/C27H28N2O5/c1-4-12-27(26(31)32-5-2)24-20(11-13-34-27)22-19(15-28)14-21(17(3)23(22)29-24)25(30)33-16-18-9-7-6-8-10-18/h6-10,14,29H,4-5,11-13,16H2,1-3H3. The Morgan fingerprint density at radius 2 is 1.97 bits per heavy atom. The van der Waals surface area contributed by atoms with Gasteiger partial charge < -0.3 is 19.2 Å². The predicted molar refractivity (Wildman–Crippen MR) is 126 cm³/mol. The quantitative estimate of drug-likeness (QED) is 0.507. The molecule has 0 bridgehead atoms. The van der Waals surface area contributed by atoms with Gasteiger partial charge in [-0.1, -0.05) is 43.7 Å². The zero-order valence-corrected chi connectivity index (χ0v) is 19.7. The van der Waals surface area contributed by atoms with Crippen molar-refractivity contribution in [1.82, 2.24) is 4.98 Å². The zero-order valence-electron chi connectivity index (χ0n) is 19.7. The van der Waals surface area contributed by atoms with Crippen LogP contribution in [0.25, 0.3) is 10.9 Å². The van der Waals surface area contributed by atoms with Gasteiger partial charge in [0.1, 0.15) is 6.61 Å². The van der Waals surface area contributed by atoms with Crippen LogP contribution in [-0.2, 0) is 37.6 Å². The van der Waals surface area contributed by atoms with Crippen molar-refractivity contribution in [2.24, 2.45) is 0 Å². The van der Waals surface area contributed by atoms with Crippen molar-refractivity contribution >= 4 is 22.8 Å². The smallest absolute Gasteiger partial charge is 0.344 e. The summed E-state index contributed by atoms with van der Waals surface area (Å²) in [6.07, 6.45) is 1.69. The summed E-state index contributed by atoms with van der Waals surface area (Å²) in [5.41, 5.74) is 3.08. The lowest BCUT2D eigenvalue weighted by molar-refractivity contribution is -0.178. The molecule has 1 unspecified atom stereocenters. The number of nitrogens with one attached hydrogen (secondary N) is 1. The molecule has 0 amide bonds. The van der Waals surface area contributed by atoms with Crippen LogP contribution in [0.1, 0.15) is 65.0 Å². The van der Waals surface area contributed by atoms with Gasteiger partial charge in [0.25, 0.3) is 0 Å². The van der Waals surface area contributed by atoms with Crippen molar-refractivity contribution in [3.63, 3.8) is 0 Å². The molecule has 34 heavy (non-hydrogen) atoms. The number of nitriles is 1. The summed E-state index contributed by atoms with van der Waals surface area (Å²) in [5, 5.41) is 10.7. The molecule has 0 radical (unpaired) electrons. The van der Waals surface area contributed by atoms with Gasteiger partial charge >= 0.3 is 11.9 Å². The molecule has 1 aromatic heterocycles. The van der Waals surface area contributed by atoms with Crippen LogP contribution in [0, 0.1) is 18.3 Å². The maximum atomic E-state index is 13.1. The molecule has 4 rings (SSSR count). The van der Waals surface area contributed by atoms with Gasteiger partial charge in [-0.15, -0.1) is 0 Å². The first kappa shape index (κ1) is 23.5. The normalized spacial score (nSPS) is 17.1. The highest BCUT2D eigenvalue weighted by atomic mass is 16.6. The van der Waals surface area contributed by atoms with Crippen LogP contribution in [0.3, 0.4) is 0 Å². The third kappa shape index (κ3) is 3.95. The monoisotopic (exact) mass is 460 g/mol. The second kappa shape index (κ2) is 9.70. The molecule has 1 N–H and O–H groups in total. The maximum absolute atomic E-state index is 13.1. The van der Waals surface area contributed by atoms with Crippen LogP contribution in [-0.4, -0.2) is 30.1 Å². The molecule has 7 heteroatoms. The summed E-state index contributed by atoms with van der Waals surface area (Å²) in [6, 6.07) is 13.2. The lowest BCUT2D eigenvalue weighted by Gasteiger charge is -2.35. The van der Waals surface area contributed by atoms with E-state index in [4.69, 9.17) is 14.2 Å². The van der Waals surface area contributed by atoms with Crippen molar-refractivity contribution in [3.05, 3.63) is 69.9 Å². The minimum absolute atomic E-state index is 0.135. The molecule has 0 aliphatic carbocycles. The van der Waals surface area contributed by atoms with Crippen LogP contribution >= 0.6 is 0 Å². The Bertz CT molecular complexity index is 1270. The van der Waals surface area contributed by atoms with Crippen molar-refractivity contribution in [1.29, 1.82) is 5.26 Å². The molecule has 1 aliphatic rings. The first-order valence-corrected chi connectivity index (χ1v) is 11.6. The van der Waals surface area contributed by atoms with Crippen LogP contribution in [0.2, 0.25) is 0 Å². The zero-order chi connectivity index (χ0) is 24.3. The molecular weight excluding hydrogens is 432 g/mol. The van der Waals surface area contributed by atoms with Gasteiger partial charge in [0.2, 0.25) is 5.60 Å². The van der Waals surface area contributed by atoms with Crippen LogP contribution < -0.4 is 0 Å². The van der Waals surface area contributed by atoms with E-state index in [1.54, 1.807) is 13.0 Å². The highest BCUT2D eigenvalue weighted by molar-refractivity contribution is 6.02. The Morgan fingerprint density at radius 3 is 2.65 bits per heavy atom. The summed E-state index contributed by atoms with van der Waals surface area (Å²) >= 11 is 0. The van der Waals surface area contributed by atoms with E-state index in [-0.39, 0.29) is 13.2 Å². The molecule has 0 saturated heterocycles. The van der Waals surface area contributed by atoms with Gasteiger partial charge in [-0.25, -0.2) is 9.59 Å². The number of esters is 2. The largest absolute Gasteiger partial charge is 0.464 e. The van der Waals surface area contributed by atoms with Crippen molar-refractivity contribution < 1.29 is 23.8 Å². The number of aromatic amines is 1. The number of H-pyrrole nitrogens is 1. The molecule has 176 valence electrons. The average molecular weight is 461 g/mol. The van der Waals surface area contributed by atoms with E-state index in [9.17, 15) is 14.9 Å². The van der Waals surface area contributed by atoms with E-state index in [0.29, 0.717) is 53.8 Å². The molecule has 7 nitrogen and oxygen atoms in total. The number of hydrogen-bond donors (Lipinski definition) is 1. The molecule has 0 saturated carbocycles. The minimum atomic E-state index is -1.26. The van der Waals surface area contributed by atoms with Gasteiger partial charge in [0.15, 0.2) is 0 Å². The molecule has 0 spiro atoms. The van der Waals surface area contributed by atoms with Crippen LogP contribution in [0.5, 0.6) is 0 Å². The minimum Gasteiger partial charge on any atom is -0.464 e. The number of hydrogen-bond acceptors (Lipinski definition) is 6. The fourth-order valence-corrected chi connectivity index (χ4v) is 4.73. The number of nitrogens with zero attached hydrogens (tertiary/aromatic N) is 1. The second-order valence-corrected chi connectivity index (χ2v) is 8.39. The fraction of sp³-hybridized carbons (Fsp3) is 0.370. The summed E-state index contributed by atoms with van der Waals surface area (Å²) in [7, 11) is 0. The van der Waals surface area contributed by atoms with E-state index in [1.165, 1.54) is 0 Å². The molecular formula is C27H28N2O5. The fourth-order valence-electron chi connectivity index (χ4n) is 4.73. The number of aryl methyl sites for hydroxylation is 1. The highest BCUT2D eigenvalue weighted by Gasteiger charge is 2.48. The van der Waals surface area contributed by atoms with E-state index in [0.717, 1.165) is 16.5 Å². The SMILES string of the molecule is CCCC1(C(=O)OCC)OCCc2c1[nH]c1c(C)c(C(=O)OCc3ccccc3)cc(C#N)c21. The second-order valence-electron chi connectivity index (χ2n) is 8.39. The first-order valence-electron chi connectivity index (χ1n) is 11.6. The van der Waals surface area contributed by atoms with Crippen molar-refractivity contribution in [2.75, 3.05) is 13.2 Å². The van der Waals surface area contributed by atoms with Gasteiger partial charge in [-0.2, -0.15) is 5.26 Å². The Kier molecular flexibility index (Phi) is 6.71. The number of rotatable bonds is 7. The Morgan fingerprint density at radius 1 is 1.21 bits per heavy atom. The third-order valence-corrected chi connectivity index (χ3v) is 6.31. The summed E-state index contributed by atoms with van der Waals surface area (Å²) in [6.45, 7) is 6.27. The van der Waals surface area contributed by atoms with Gasteiger partial charge in [-0.05, 0) is 49.4 Å². The molecule has 2 heterocycles. The van der Waals surface area contributed by atoms with E-state index in [1.807, 2.05) is 44.2 Å². The molecule has 1 aliphatic heterocycles. The van der Waals surface area contributed by atoms with Crippen LogP contribution in [0.15, 0.2) is 36.4 Å². The van der Waals surface area contributed by atoms with Crippen LogP contribution in [0.4, 0.5) is 0 Å². The van der Waals surface area contributed by atoms with Gasteiger partial charge in [-0.3, -0.25) is 0 Å². The first-order chi connectivity index (χ1) is 16.5. The Hall–Kier alpha value is -3.63. The maximum Gasteiger partial charge on any atom is 0.344 e. The average Bonchev–Trinajstić information content (AvgIpc) is 3.25. The topological polar surface area (TPSA) is 101 Å². The lowest BCUT2D eigenvalue weighted by atomic mass is 9.86. The predicted octanol–water partition coefficient (Wildman–Crippen LogP) is 4.84. The Labute approximate surface area is 198 Å².